The molecule has 0 aliphatic carbocycles. The molecule has 5 rings (SSSR count). The molecular formula is C26H25N5O3. The van der Waals surface area contributed by atoms with Crippen molar-refractivity contribution in [2.24, 2.45) is 0 Å². The molecule has 1 amide bonds. The number of hydrogen-bond acceptors (Lipinski definition) is 6. The monoisotopic (exact) mass is 455 g/mol. The Morgan fingerprint density at radius 1 is 1.00 bits per heavy atom. The van der Waals surface area contributed by atoms with E-state index in [-0.39, 0.29) is 11.5 Å². The zero-order valence-corrected chi connectivity index (χ0v) is 18.9. The van der Waals surface area contributed by atoms with E-state index in [0.717, 1.165) is 30.1 Å². The van der Waals surface area contributed by atoms with Crippen molar-refractivity contribution in [1.29, 1.82) is 0 Å². The summed E-state index contributed by atoms with van der Waals surface area (Å²) in [6.07, 6.45) is 2.17. The van der Waals surface area contributed by atoms with E-state index in [1.807, 2.05) is 53.4 Å². The highest BCUT2D eigenvalue weighted by Crippen LogP contribution is 2.28. The minimum absolute atomic E-state index is 0.0282. The Kier molecular flexibility index (Phi) is 5.95. The van der Waals surface area contributed by atoms with Gasteiger partial charge in [0.25, 0.3) is 11.5 Å². The molecule has 8 nitrogen and oxygen atoms in total. The van der Waals surface area contributed by atoms with Crippen molar-refractivity contribution in [2.45, 2.75) is 6.42 Å². The summed E-state index contributed by atoms with van der Waals surface area (Å²) in [7, 11) is 1.68. The molecule has 0 bridgehead atoms. The number of amides is 1. The summed E-state index contributed by atoms with van der Waals surface area (Å²) >= 11 is 0. The first kappa shape index (κ1) is 21.6. The van der Waals surface area contributed by atoms with Crippen molar-refractivity contribution in [2.75, 3.05) is 38.2 Å². The molecule has 1 aliphatic rings. The van der Waals surface area contributed by atoms with E-state index in [1.54, 1.807) is 25.4 Å². The molecule has 4 aromatic rings. The summed E-state index contributed by atoms with van der Waals surface area (Å²) in [6.45, 7) is 2.81. The van der Waals surface area contributed by atoms with E-state index in [2.05, 4.69) is 20.1 Å². The number of pyridine rings is 1. The highest BCUT2D eigenvalue weighted by molar-refractivity contribution is 5.94. The lowest BCUT2D eigenvalue weighted by Gasteiger charge is -2.36. The summed E-state index contributed by atoms with van der Waals surface area (Å²) in [5.74, 6) is 0.873. The van der Waals surface area contributed by atoms with Crippen LogP contribution in [0.4, 0.5) is 5.69 Å². The second-order valence-electron chi connectivity index (χ2n) is 8.22. The topological polar surface area (TPSA) is 91.4 Å². The van der Waals surface area contributed by atoms with Crippen molar-refractivity contribution < 1.29 is 9.53 Å². The molecule has 0 unspecified atom stereocenters. The third kappa shape index (κ3) is 4.22. The second-order valence-corrected chi connectivity index (χ2v) is 8.22. The van der Waals surface area contributed by atoms with Crippen molar-refractivity contribution in [3.8, 4) is 5.75 Å². The number of aromatic nitrogens is 3. The van der Waals surface area contributed by atoms with Gasteiger partial charge in [0, 0.05) is 44.4 Å². The third-order valence-corrected chi connectivity index (χ3v) is 6.18. The Morgan fingerprint density at radius 3 is 2.53 bits per heavy atom. The van der Waals surface area contributed by atoms with Crippen LogP contribution in [0.5, 0.6) is 5.75 Å². The molecule has 34 heavy (non-hydrogen) atoms. The molecule has 1 saturated heterocycles. The largest absolute Gasteiger partial charge is 0.495 e. The maximum absolute atomic E-state index is 13.1. The van der Waals surface area contributed by atoms with E-state index >= 15 is 0 Å². The second kappa shape index (κ2) is 9.35. The van der Waals surface area contributed by atoms with E-state index in [1.165, 1.54) is 0 Å². The quantitative estimate of drug-likeness (QED) is 0.498. The molecule has 172 valence electrons. The molecule has 0 saturated carbocycles. The van der Waals surface area contributed by atoms with Gasteiger partial charge in [0.2, 0.25) is 0 Å². The number of nitrogens with one attached hydrogen (secondary N) is 1. The van der Waals surface area contributed by atoms with Crippen LogP contribution in [0.15, 0.2) is 71.7 Å². The lowest BCUT2D eigenvalue weighted by molar-refractivity contribution is 0.0746. The number of H-pyrrole nitrogens is 1. The SMILES string of the molecule is COc1ccccc1N1CCN(C(=O)c2ccc(Cc3n[nH]c(=O)c4cccnc34)cc2)CC1. The fourth-order valence-electron chi connectivity index (χ4n) is 4.36. The summed E-state index contributed by atoms with van der Waals surface area (Å²) in [5, 5.41) is 7.25. The van der Waals surface area contributed by atoms with E-state index < -0.39 is 0 Å². The summed E-state index contributed by atoms with van der Waals surface area (Å²) < 4.78 is 5.48. The van der Waals surface area contributed by atoms with Gasteiger partial charge in [-0.3, -0.25) is 14.6 Å². The highest BCUT2D eigenvalue weighted by Gasteiger charge is 2.23. The molecule has 2 aromatic carbocycles. The number of nitrogens with zero attached hydrogens (tertiary/aromatic N) is 4. The van der Waals surface area contributed by atoms with Crippen LogP contribution in [0.1, 0.15) is 21.6 Å². The molecule has 0 radical (unpaired) electrons. The van der Waals surface area contributed by atoms with Gasteiger partial charge in [-0.25, -0.2) is 5.10 Å². The lowest BCUT2D eigenvalue weighted by atomic mass is 10.0. The average Bonchev–Trinajstić information content (AvgIpc) is 2.90. The van der Waals surface area contributed by atoms with Crippen LogP contribution in [0.2, 0.25) is 0 Å². The van der Waals surface area contributed by atoms with Gasteiger partial charge in [-0.05, 0) is 42.0 Å². The van der Waals surface area contributed by atoms with Crippen LogP contribution in [0.3, 0.4) is 0 Å². The summed E-state index contributed by atoms with van der Waals surface area (Å²) in [4.78, 5) is 33.5. The minimum Gasteiger partial charge on any atom is -0.495 e. The Balaban J connectivity index is 1.25. The van der Waals surface area contributed by atoms with Gasteiger partial charge < -0.3 is 14.5 Å². The predicted octanol–water partition coefficient (Wildman–Crippen LogP) is 2.88. The Hall–Kier alpha value is -4.20. The number of hydrogen-bond donors (Lipinski definition) is 1. The van der Waals surface area contributed by atoms with E-state index in [4.69, 9.17) is 4.74 Å². The lowest BCUT2D eigenvalue weighted by Crippen LogP contribution is -2.48. The molecule has 0 spiro atoms. The maximum Gasteiger partial charge on any atom is 0.273 e. The van der Waals surface area contributed by atoms with Gasteiger partial charge in [0.05, 0.1) is 29.4 Å². The van der Waals surface area contributed by atoms with Gasteiger partial charge in [-0.1, -0.05) is 24.3 Å². The molecule has 3 heterocycles. The molecule has 8 heteroatoms. The smallest absolute Gasteiger partial charge is 0.273 e. The first-order valence-electron chi connectivity index (χ1n) is 11.2. The minimum atomic E-state index is -0.251. The first-order valence-corrected chi connectivity index (χ1v) is 11.2. The molecule has 1 fully saturated rings. The van der Waals surface area contributed by atoms with Crippen LogP contribution in [0.25, 0.3) is 10.9 Å². The van der Waals surface area contributed by atoms with Gasteiger partial charge >= 0.3 is 0 Å². The summed E-state index contributed by atoms with van der Waals surface area (Å²) in [6, 6.07) is 19.0. The van der Waals surface area contributed by atoms with E-state index in [0.29, 0.717) is 41.7 Å². The number of anilines is 1. The number of carbonyl (C=O) groups is 1. The van der Waals surface area contributed by atoms with Crippen LogP contribution < -0.4 is 15.2 Å². The Bertz CT molecular complexity index is 1380. The molecule has 2 aromatic heterocycles. The number of piperazine rings is 1. The van der Waals surface area contributed by atoms with Crippen molar-refractivity contribution in [1.82, 2.24) is 20.1 Å². The van der Waals surface area contributed by atoms with Gasteiger partial charge in [0.1, 0.15) is 5.75 Å². The summed E-state index contributed by atoms with van der Waals surface area (Å²) in [5.41, 5.74) is 3.75. The number of para-hydroxylation sites is 2. The van der Waals surface area contributed by atoms with Crippen LogP contribution in [0, 0.1) is 0 Å². The number of benzene rings is 2. The number of rotatable bonds is 5. The fraction of sp³-hybridized carbons (Fsp3) is 0.231. The van der Waals surface area contributed by atoms with E-state index in [9.17, 15) is 9.59 Å². The zero-order chi connectivity index (χ0) is 23.5. The fourth-order valence-corrected chi connectivity index (χ4v) is 4.36. The first-order chi connectivity index (χ1) is 16.6. The standard InChI is InChI=1S/C26H25N5O3/c1-34-23-7-3-2-6-22(23)30-13-15-31(16-14-30)26(33)19-10-8-18(9-11-19)17-21-24-20(5-4-12-27-24)25(32)29-28-21/h2-12H,13-17H2,1H3,(H,29,32). The molecule has 1 N–H and O–H groups in total. The molecular weight excluding hydrogens is 430 g/mol. The zero-order valence-electron chi connectivity index (χ0n) is 18.9. The van der Waals surface area contributed by atoms with Crippen molar-refractivity contribution >= 4 is 22.5 Å². The number of carbonyl (C=O) groups excluding carboxylic acids is 1. The van der Waals surface area contributed by atoms with Gasteiger partial charge in [-0.15, -0.1) is 0 Å². The van der Waals surface area contributed by atoms with Crippen molar-refractivity contribution in [3.05, 3.63) is 94.0 Å². The van der Waals surface area contributed by atoms with Crippen LogP contribution >= 0.6 is 0 Å². The maximum atomic E-state index is 13.1. The van der Waals surface area contributed by atoms with Gasteiger partial charge in [0.15, 0.2) is 0 Å². The van der Waals surface area contributed by atoms with Crippen LogP contribution in [-0.4, -0.2) is 59.3 Å². The number of fused-ring (bicyclic) bond motifs is 1. The molecule has 0 atom stereocenters. The third-order valence-electron chi connectivity index (χ3n) is 6.18. The number of methoxy groups -OCH3 is 1. The number of ether oxygens (including phenoxy) is 1. The number of aromatic amines is 1. The normalized spacial score (nSPS) is 13.8. The van der Waals surface area contributed by atoms with Gasteiger partial charge in [-0.2, -0.15) is 5.10 Å². The predicted molar refractivity (Wildman–Crippen MR) is 131 cm³/mol. The average molecular weight is 456 g/mol. The highest BCUT2D eigenvalue weighted by atomic mass is 16.5. The Labute approximate surface area is 196 Å². The van der Waals surface area contributed by atoms with Crippen LogP contribution in [-0.2, 0) is 6.42 Å². The Morgan fingerprint density at radius 2 is 1.76 bits per heavy atom. The van der Waals surface area contributed by atoms with Crippen molar-refractivity contribution in [3.63, 3.8) is 0 Å². The molecule has 1 aliphatic heterocycles.